The summed E-state index contributed by atoms with van der Waals surface area (Å²) >= 11 is 1.51. The molecule has 0 saturated carbocycles. The summed E-state index contributed by atoms with van der Waals surface area (Å²) in [5.74, 6) is 0.441. The highest BCUT2D eigenvalue weighted by Gasteiger charge is 2.30. The predicted molar refractivity (Wildman–Crippen MR) is 132 cm³/mol. The van der Waals surface area contributed by atoms with Crippen molar-refractivity contribution in [2.45, 2.75) is 62.9 Å². The SMILES string of the molecule is CCC(C)c1ccc(S(=O)(=O)N2CCN(C(=O)CCc3c(C)nc(SC)nc3C)CC2)cc1. The minimum absolute atomic E-state index is 0.0395. The van der Waals surface area contributed by atoms with Crippen LogP contribution in [-0.2, 0) is 21.2 Å². The summed E-state index contributed by atoms with van der Waals surface area (Å²) in [6.45, 7) is 9.59. The molecule has 2 aromatic rings. The van der Waals surface area contributed by atoms with Gasteiger partial charge in [-0.2, -0.15) is 4.31 Å². The summed E-state index contributed by atoms with van der Waals surface area (Å²) in [5.41, 5.74) is 3.99. The van der Waals surface area contributed by atoms with Gasteiger partial charge in [0.2, 0.25) is 15.9 Å². The molecule has 0 spiro atoms. The van der Waals surface area contributed by atoms with E-state index in [1.165, 1.54) is 16.1 Å². The predicted octanol–water partition coefficient (Wildman–Crippen LogP) is 3.79. The van der Waals surface area contributed by atoms with Crippen molar-refractivity contribution >= 4 is 27.7 Å². The maximum atomic E-state index is 13.1. The Bertz CT molecular complexity index is 1060. The topological polar surface area (TPSA) is 83.5 Å². The molecule has 9 heteroatoms. The molecule has 0 radical (unpaired) electrons. The quantitative estimate of drug-likeness (QED) is 0.414. The number of hydrogen-bond donors (Lipinski definition) is 0. The highest BCUT2D eigenvalue weighted by molar-refractivity contribution is 7.98. The second kappa shape index (κ2) is 11.0. The molecule has 7 nitrogen and oxygen atoms in total. The van der Waals surface area contributed by atoms with E-state index in [0.29, 0.717) is 49.8 Å². The summed E-state index contributed by atoms with van der Waals surface area (Å²) in [4.78, 5) is 23.8. The largest absolute Gasteiger partial charge is 0.340 e. The average molecular weight is 491 g/mol. The summed E-state index contributed by atoms with van der Waals surface area (Å²) in [6, 6.07) is 7.20. The van der Waals surface area contributed by atoms with Crippen LogP contribution in [0.4, 0.5) is 0 Å². The first-order valence-electron chi connectivity index (χ1n) is 11.4. The molecule has 0 aliphatic carbocycles. The third kappa shape index (κ3) is 5.94. The number of thioether (sulfide) groups is 1. The highest BCUT2D eigenvalue weighted by Crippen LogP contribution is 2.23. The Morgan fingerprint density at radius 3 is 2.15 bits per heavy atom. The van der Waals surface area contributed by atoms with Crippen molar-refractivity contribution in [3.63, 3.8) is 0 Å². The van der Waals surface area contributed by atoms with Crippen molar-refractivity contribution in [3.8, 4) is 0 Å². The van der Waals surface area contributed by atoms with E-state index >= 15 is 0 Å². The van der Waals surface area contributed by atoms with E-state index in [1.807, 2.05) is 32.2 Å². The smallest absolute Gasteiger partial charge is 0.243 e. The van der Waals surface area contributed by atoms with Gasteiger partial charge in [0.15, 0.2) is 5.16 Å². The van der Waals surface area contributed by atoms with E-state index in [0.717, 1.165) is 34.1 Å². The third-order valence-electron chi connectivity index (χ3n) is 6.46. The lowest BCUT2D eigenvalue weighted by Crippen LogP contribution is -2.50. The minimum Gasteiger partial charge on any atom is -0.340 e. The van der Waals surface area contributed by atoms with Gasteiger partial charge in [-0.25, -0.2) is 18.4 Å². The average Bonchev–Trinajstić information content (AvgIpc) is 2.82. The van der Waals surface area contributed by atoms with Gasteiger partial charge in [0.1, 0.15) is 0 Å². The van der Waals surface area contributed by atoms with Crippen LogP contribution >= 0.6 is 11.8 Å². The van der Waals surface area contributed by atoms with Crippen LogP contribution in [0.2, 0.25) is 0 Å². The molecule has 1 fully saturated rings. The van der Waals surface area contributed by atoms with Crippen molar-refractivity contribution < 1.29 is 13.2 Å². The van der Waals surface area contributed by atoms with Gasteiger partial charge in [0, 0.05) is 44.0 Å². The van der Waals surface area contributed by atoms with Crippen molar-refractivity contribution in [2.75, 3.05) is 32.4 Å². The molecule has 2 heterocycles. The van der Waals surface area contributed by atoms with Crippen LogP contribution in [0.15, 0.2) is 34.3 Å². The molecule has 33 heavy (non-hydrogen) atoms. The van der Waals surface area contributed by atoms with Crippen LogP contribution in [0.1, 0.15) is 55.1 Å². The molecule has 180 valence electrons. The first kappa shape index (κ1) is 25.6. The standard InChI is InChI=1S/C24H34N4O3S2/c1-6-17(2)20-7-9-21(10-8-20)33(30,31)28-15-13-27(14-16-28)23(29)12-11-22-18(3)25-24(32-5)26-19(22)4/h7-10,17H,6,11-16H2,1-5H3. The van der Waals surface area contributed by atoms with Gasteiger partial charge >= 0.3 is 0 Å². The van der Waals surface area contributed by atoms with E-state index in [2.05, 4.69) is 23.8 Å². The number of aromatic nitrogens is 2. The molecule has 1 amide bonds. The number of aryl methyl sites for hydroxylation is 2. The summed E-state index contributed by atoms with van der Waals surface area (Å²) in [6.07, 6.45) is 3.91. The highest BCUT2D eigenvalue weighted by atomic mass is 32.2. The van der Waals surface area contributed by atoms with E-state index in [4.69, 9.17) is 0 Å². The van der Waals surface area contributed by atoms with Crippen LogP contribution in [0.5, 0.6) is 0 Å². The fourth-order valence-corrected chi connectivity index (χ4v) is 5.96. The fraction of sp³-hybridized carbons (Fsp3) is 0.542. The molecular weight excluding hydrogens is 456 g/mol. The van der Waals surface area contributed by atoms with Gasteiger partial charge in [-0.05, 0) is 62.1 Å². The molecular formula is C24H34N4O3S2. The molecule has 1 aromatic heterocycles. The van der Waals surface area contributed by atoms with Gasteiger partial charge < -0.3 is 4.90 Å². The Labute approximate surface area is 202 Å². The minimum atomic E-state index is -3.56. The molecule has 1 aromatic carbocycles. The third-order valence-corrected chi connectivity index (χ3v) is 8.92. The van der Waals surface area contributed by atoms with Gasteiger partial charge in [-0.15, -0.1) is 0 Å². The second-order valence-electron chi connectivity index (χ2n) is 8.52. The van der Waals surface area contributed by atoms with E-state index in [1.54, 1.807) is 17.0 Å². The number of carbonyl (C=O) groups excluding carboxylic acids is 1. The second-order valence-corrected chi connectivity index (χ2v) is 11.2. The number of nitrogens with zero attached hydrogens (tertiary/aromatic N) is 4. The zero-order valence-electron chi connectivity index (χ0n) is 20.2. The van der Waals surface area contributed by atoms with Crippen LogP contribution < -0.4 is 0 Å². The summed E-state index contributed by atoms with van der Waals surface area (Å²) < 4.78 is 27.6. The number of rotatable bonds is 8. The zero-order valence-corrected chi connectivity index (χ0v) is 21.8. The Kier molecular flexibility index (Phi) is 8.53. The summed E-state index contributed by atoms with van der Waals surface area (Å²) in [7, 11) is -3.56. The van der Waals surface area contributed by atoms with Crippen LogP contribution in [0.3, 0.4) is 0 Å². The lowest BCUT2D eigenvalue weighted by Gasteiger charge is -2.34. The number of benzene rings is 1. The lowest BCUT2D eigenvalue weighted by molar-refractivity contribution is -0.132. The van der Waals surface area contributed by atoms with Gasteiger partial charge in [-0.1, -0.05) is 37.7 Å². The van der Waals surface area contributed by atoms with Crippen molar-refractivity contribution in [3.05, 3.63) is 46.8 Å². The molecule has 0 N–H and O–H groups in total. The van der Waals surface area contributed by atoms with E-state index in [9.17, 15) is 13.2 Å². The molecule has 1 aliphatic rings. The Hall–Kier alpha value is -1.97. The zero-order chi connectivity index (χ0) is 24.2. The first-order chi connectivity index (χ1) is 15.7. The molecule has 1 aliphatic heterocycles. The normalized spacial score (nSPS) is 16.1. The van der Waals surface area contributed by atoms with E-state index in [-0.39, 0.29) is 5.91 Å². The van der Waals surface area contributed by atoms with Crippen molar-refractivity contribution in [1.29, 1.82) is 0 Å². The van der Waals surface area contributed by atoms with Crippen LogP contribution in [0.25, 0.3) is 0 Å². The summed E-state index contributed by atoms with van der Waals surface area (Å²) in [5, 5.41) is 0.743. The maximum absolute atomic E-state index is 13.1. The Morgan fingerprint density at radius 2 is 1.64 bits per heavy atom. The van der Waals surface area contributed by atoms with Gasteiger partial charge in [0.05, 0.1) is 4.90 Å². The molecule has 0 bridgehead atoms. The molecule has 3 rings (SSSR count). The number of piperazine rings is 1. The molecule has 1 atom stereocenters. The Morgan fingerprint density at radius 1 is 1.06 bits per heavy atom. The van der Waals surface area contributed by atoms with E-state index < -0.39 is 10.0 Å². The maximum Gasteiger partial charge on any atom is 0.243 e. The van der Waals surface area contributed by atoms with Crippen LogP contribution in [0, 0.1) is 13.8 Å². The monoisotopic (exact) mass is 490 g/mol. The first-order valence-corrected chi connectivity index (χ1v) is 14.1. The van der Waals surface area contributed by atoms with Gasteiger partial charge in [0.25, 0.3) is 0 Å². The van der Waals surface area contributed by atoms with Crippen molar-refractivity contribution in [2.24, 2.45) is 0 Å². The molecule has 1 unspecified atom stereocenters. The van der Waals surface area contributed by atoms with Crippen molar-refractivity contribution in [1.82, 2.24) is 19.2 Å². The Balaban J connectivity index is 1.57. The number of carbonyl (C=O) groups is 1. The fourth-order valence-electron chi connectivity index (χ4n) is 4.08. The number of sulfonamides is 1. The van der Waals surface area contributed by atoms with Gasteiger partial charge in [-0.3, -0.25) is 4.79 Å². The number of hydrogen-bond acceptors (Lipinski definition) is 6. The number of amides is 1. The lowest BCUT2D eigenvalue weighted by atomic mass is 9.99. The van der Waals surface area contributed by atoms with Crippen LogP contribution in [-0.4, -0.2) is 65.9 Å². The molecule has 1 saturated heterocycles.